The van der Waals surface area contributed by atoms with Gasteiger partial charge < -0.3 is 15.1 Å². The Morgan fingerprint density at radius 3 is 2.83 bits per heavy atom. The molecule has 3 heterocycles. The smallest absolute Gasteiger partial charge is 0.191 e. The van der Waals surface area contributed by atoms with E-state index in [0.29, 0.717) is 4.75 Å². The predicted octanol–water partition coefficient (Wildman–Crippen LogP) is 2.87. The topological polar surface area (TPSA) is 52.8 Å². The number of likely N-dealkylation sites (tertiary alicyclic amines) is 1. The van der Waals surface area contributed by atoms with Gasteiger partial charge in [-0.3, -0.25) is 9.89 Å². The second-order valence-electron chi connectivity index (χ2n) is 6.98. The van der Waals surface area contributed by atoms with Crippen molar-refractivity contribution in [2.24, 2.45) is 4.99 Å². The van der Waals surface area contributed by atoms with Crippen LogP contribution in [0.5, 0.6) is 0 Å². The van der Waals surface area contributed by atoms with E-state index in [0.717, 1.165) is 37.9 Å². The van der Waals surface area contributed by atoms with Crippen LogP contribution in [0.15, 0.2) is 27.8 Å². The third-order valence-corrected chi connectivity index (χ3v) is 6.61. The van der Waals surface area contributed by atoms with Crippen molar-refractivity contribution in [3.05, 3.63) is 24.2 Å². The van der Waals surface area contributed by atoms with Gasteiger partial charge >= 0.3 is 0 Å². The van der Waals surface area contributed by atoms with Gasteiger partial charge in [-0.1, -0.05) is 0 Å². The third kappa shape index (κ3) is 4.48. The molecular weight excluding hydrogens is 320 g/mol. The van der Waals surface area contributed by atoms with Gasteiger partial charge in [0.05, 0.1) is 12.3 Å². The molecule has 2 saturated heterocycles. The van der Waals surface area contributed by atoms with E-state index in [1.165, 1.54) is 31.4 Å². The summed E-state index contributed by atoms with van der Waals surface area (Å²) in [7, 11) is 1.84. The van der Waals surface area contributed by atoms with Crippen LogP contribution in [0.1, 0.15) is 44.4 Å². The molecule has 5 nitrogen and oxygen atoms in total. The van der Waals surface area contributed by atoms with E-state index in [2.05, 4.69) is 45.3 Å². The summed E-state index contributed by atoms with van der Waals surface area (Å²) < 4.78 is 6.03. The van der Waals surface area contributed by atoms with Gasteiger partial charge in [-0.25, -0.2) is 0 Å². The molecule has 3 rings (SSSR count). The fraction of sp³-hybridized carbons (Fsp3) is 0.722. The Bertz CT molecular complexity index is 519. The minimum absolute atomic E-state index is 0.275. The number of rotatable bonds is 6. The zero-order chi connectivity index (χ0) is 16.8. The number of nitrogens with zero attached hydrogens (tertiary/aromatic N) is 2. The number of aliphatic imine (C=N–C) groups is 1. The van der Waals surface area contributed by atoms with Crippen molar-refractivity contribution in [3.63, 3.8) is 0 Å². The van der Waals surface area contributed by atoms with E-state index < -0.39 is 0 Å². The molecule has 2 aliphatic heterocycles. The van der Waals surface area contributed by atoms with Crippen LogP contribution >= 0.6 is 11.8 Å². The predicted molar refractivity (Wildman–Crippen MR) is 102 cm³/mol. The average molecular weight is 351 g/mol. The second kappa shape index (κ2) is 8.30. The molecule has 134 valence electrons. The van der Waals surface area contributed by atoms with E-state index in [1.54, 1.807) is 6.26 Å². The summed E-state index contributed by atoms with van der Waals surface area (Å²) in [6.07, 6.45) is 6.93. The van der Waals surface area contributed by atoms with Gasteiger partial charge in [0.2, 0.25) is 0 Å². The largest absolute Gasteiger partial charge is 0.468 e. The number of hydrogen-bond donors (Lipinski definition) is 2. The number of furan rings is 1. The Hall–Kier alpha value is -1.14. The van der Waals surface area contributed by atoms with Crippen LogP contribution in [0.4, 0.5) is 0 Å². The number of guanidine groups is 1. The molecule has 2 N–H and O–H groups in total. The van der Waals surface area contributed by atoms with E-state index in [9.17, 15) is 0 Å². The summed E-state index contributed by atoms with van der Waals surface area (Å²) in [6, 6.07) is 4.33. The molecule has 2 unspecified atom stereocenters. The standard InChI is InChI=1S/C18H30N4OS/c1-18(8-6-12-24-18)14-21-17(19-2)20-13-15(16-7-5-11-23-16)22-9-3-4-10-22/h5,7,11,15H,3-4,6,8-10,12-14H2,1-2H3,(H2,19,20,21). The maximum Gasteiger partial charge on any atom is 0.191 e. The Balaban J connectivity index is 1.54. The molecule has 1 aromatic rings. The summed E-state index contributed by atoms with van der Waals surface area (Å²) in [4.78, 5) is 6.90. The molecule has 0 radical (unpaired) electrons. The average Bonchev–Trinajstić information content (AvgIpc) is 3.33. The van der Waals surface area contributed by atoms with E-state index in [4.69, 9.17) is 4.42 Å². The molecule has 1 aromatic heterocycles. The highest BCUT2D eigenvalue weighted by molar-refractivity contribution is 8.00. The van der Waals surface area contributed by atoms with Crippen molar-refractivity contribution in [1.82, 2.24) is 15.5 Å². The van der Waals surface area contributed by atoms with Crippen LogP contribution in [-0.4, -0.2) is 54.6 Å². The molecule has 0 amide bonds. The van der Waals surface area contributed by atoms with Crippen LogP contribution in [0.2, 0.25) is 0 Å². The molecule has 0 aliphatic carbocycles. The maximum atomic E-state index is 5.69. The lowest BCUT2D eigenvalue weighted by Gasteiger charge is -2.28. The summed E-state index contributed by atoms with van der Waals surface area (Å²) in [5, 5.41) is 7.02. The van der Waals surface area contributed by atoms with Gasteiger partial charge in [-0.05, 0) is 63.6 Å². The van der Waals surface area contributed by atoms with E-state index in [1.807, 2.05) is 13.1 Å². The summed E-state index contributed by atoms with van der Waals surface area (Å²) in [6.45, 7) is 6.42. The molecule has 0 saturated carbocycles. The van der Waals surface area contributed by atoms with Gasteiger partial charge in [-0.2, -0.15) is 11.8 Å². The highest BCUT2D eigenvalue weighted by Gasteiger charge is 2.30. The quantitative estimate of drug-likeness (QED) is 0.610. The van der Waals surface area contributed by atoms with E-state index in [-0.39, 0.29) is 6.04 Å². The van der Waals surface area contributed by atoms with Gasteiger partial charge in [0.15, 0.2) is 5.96 Å². The zero-order valence-electron chi connectivity index (χ0n) is 14.9. The van der Waals surface area contributed by atoms with Crippen LogP contribution < -0.4 is 10.6 Å². The van der Waals surface area contributed by atoms with Crippen molar-refractivity contribution >= 4 is 17.7 Å². The number of hydrogen-bond acceptors (Lipinski definition) is 4. The lowest BCUT2D eigenvalue weighted by molar-refractivity contribution is 0.215. The molecule has 0 spiro atoms. The first-order valence-corrected chi connectivity index (χ1v) is 10.0. The first kappa shape index (κ1) is 17.7. The Morgan fingerprint density at radius 1 is 1.38 bits per heavy atom. The number of nitrogens with one attached hydrogen (secondary N) is 2. The van der Waals surface area contributed by atoms with Crippen LogP contribution in [-0.2, 0) is 0 Å². The Morgan fingerprint density at radius 2 is 2.21 bits per heavy atom. The fourth-order valence-corrected chi connectivity index (χ4v) is 4.85. The fourth-order valence-electron chi connectivity index (χ4n) is 3.60. The minimum Gasteiger partial charge on any atom is -0.468 e. The lowest BCUT2D eigenvalue weighted by atomic mass is 10.1. The monoisotopic (exact) mass is 350 g/mol. The lowest BCUT2D eigenvalue weighted by Crippen LogP contribution is -2.46. The molecular formula is C18H30N4OS. The Kier molecular flexibility index (Phi) is 6.11. The van der Waals surface area contributed by atoms with Gasteiger partial charge in [0.25, 0.3) is 0 Å². The maximum absolute atomic E-state index is 5.69. The van der Waals surface area contributed by atoms with Crippen molar-refractivity contribution < 1.29 is 4.42 Å². The molecule has 6 heteroatoms. The molecule has 0 aromatic carbocycles. The van der Waals surface area contributed by atoms with Gasteiger partial charge in [0.1, 0.15) is 5.76 Å². The number of thioether (sulfide) groups is 1. The van der Waals surface area contributed by atoms with Crippen LogP contribution in [0, 0.1) is 0 Å². The zero-order valence-corrected chi connectivity index (χ0v) is 15.7. The van der Waals surface area contributed by atoms with Crippen molar-refractivity contribution in [1.29, 1.82) is 0 Å². The SMILES string of the molecule is CN=C(NCC(c1ccco1)N1CCCC1)NCC1(C)CCCS1. The summed E-state index contributed by atoms with van der Waals surface area (Å²) in [5.41, 5.74) is 0. The summed E-state index contributed by atoms with van der Waals surface area (Å²) in [5.74, 6) is 3.21. The minimum atomic E-state index is 0.275. The summed E-state index contributed by atoms with van der Waals surface area (Å²) >= 11 is 2.07. The van der Waals surface area contributed by atoms with Gasteiger partial charge in [-0.15, -0.1) is 0 Å². The third-order valence-electron chi connectivity index (χ3n) is 5.07. The second-order valence-corrected chi connectivity index (χ2v) is 8.67. The first-order valence-electron chi connectivity index (χ1n) is 9.06. The van der Waals surface area contributed by atoms with Crippen LogP contribution in [0.25, 0.3) is 0 Å². The van der Waals surface area contributed by atoms with E-state index >= 15 is 0 Å². The van der Waals surface area contributed by atoms with Gasteiger partial charge in [0, 0.05) is 24.9 Å². The van der Waals surface area contributed by atoms with Crippen LogP contribution in [0.3, 0.4) is 0 Å². The molecule has 2 atom stereocenters. The normalized spacial score (nSPS) is 26.7. The van der Waals surface area contributed by atoms with Crippen molar-refractivity contribution in [2.75, 3.05) is 39.0 Å². The molecule has 2 aliphatic rings. The Labute approximate surface area is 149 Å². The molecule has 24 heavy (non-hydrogen) atoms. The molecule has 2 fully saturated rings. The first-order chi connectivity index (χ1) is 11.7. The van der Waals surface area contributed by atoms with Crippen molar-refractivity contribution in [3.8, 4) is 0 Å². The highest BCUT2D eigenvalue weighted by Crippen LogP contribution is 2.36. The highest BCUT2D eigenvalue weighted by atomic mass is 32.2. The molecule has 0 bridgehead atoms. The van der Waals surface area contributed by atoms with Crippen molar-refractivity contribution in [2.45, 2.75) is 43.4 Å².